The molecule has 0 amide bonds. The van der Waals surface area contributed by atoms with E-state index in [1.54, 1.807) is 12.4 Å². The van der Waals surface area contributed by atoms with E-state index in [0.717, 1.165) is 30.5 Å². The minimum atomic E-state index is -0.667. The zero-order valence-corrected chi connectivity index (χ0v) is 10.0. The van der Waals surface area contributed by atoms with Gasteiger partial charge in [-0.15, -0.1) is 0 Å². The third-order valence-electron chi connectivity index (χ3n) is 3.42. The minimum Gasteiger partial charge on any atom is -0.481 e. The molecule has 92 valence electrons. The van der Waals surface area contributed by atoms with Crippen LogP contribution in [-0.2, 0) is 4.79 Å². The van der Waals surface area contributed by atoms with Crippen molar-refractivity contribution in [1.82, 2.24) is 4.98 Å². The maximum Gasteiger partial charge on any atom is 0.306 e. The molecule has 17 heavy (non-hydrogen) atoms. The molecule has 0 radical (unpaired) electrons. The molecule has 1 fully saturated rings. The van der Waals surface area contributed by atoms with Gasteiger partial charge in [0.1, 0.15) is 0 Å². The maximum atomic E-state index is 11.0. The SMILES string of the molecule is Cc1ccncc1NC1CCCC(C(=O)O)C1. The molecule has 2 rings (SSSR count). The second-order valence-electron chi connectivity index (χ2n) is 4.73. The fraction of sp³-hybridized carbons (Fsp3) is 0.538. The Labute approximate surface area is 101 Å². The van der Waals surface area contributed by atoms with E-state index in [1.807, 2.05) is 13.0 Å². The van der Waals surface area contributed by atoms with Crippen molar-refractivity contribution in [3.05, 3.63) is 24.0 Å². The number of anilines is 1. The predicted molar refractivity (Wildman–Crippen MR) is 66.0 cm³/mol. The van der Waals surface area contributed by atoms with Gasteiger partial charge in [0.05, 0.1) is 17.8 Å². The Morgan fingerprint density at radius 1 is 1.53 bits per heavy atom. The van der Waals surface area contributed by atoms with E-state index in [0.29, 0.717) is 6.42 Å². The van der Waals surface area contributed by atoms with Gasteiger partial charge in [0.25, 0.3) is 0 Å². The number of carbonyl (C=O) groups is 1. The molecule has 0 bridgehead atoms. The highest BCUT2D eigenvalue weighted by Crippen LogP contribution is 2.27. The van der Waals surface area contributed by atoms with Crippen LogP contribution in [-0.4, -0.2) is 22.1 Å². The van der Waals surface area contributed by atoms with Crippen molar-refractivity contribution in [2.75, 3.05) is 5.32 Å². The molecule has 0 spiro atoms. The lowest BCUT2D eigenvalue weighted by Crippen LogP contribution is -2.31. The average molecular weight is 234 g/mol. The zero-order valence-electron chi connectivity index (χ0n) is 10.0. The molecule has 1 saturated carbocycles. The molecule has 0 saturated heterocycles. The summed E-state index contributed by atoms with van der Waals surface area (Å²) in [7, 11) is 0. The van der Waals surface area contributed by atoms with Gasteiger partial charge in [-0.05, 0) is 37.8 Å². The summed E-state index contributed by atoms with van der Waals surface area (Å²) in [5, 5.41) is 12.4. The highest BCUT2D eigenvalue weighted by molar-refractivity contribution is 5.70. The monoisotopic (exact) mass is 234 g/mol. The molecule has 4 heteroatoms. The summed E-state index contributed by atoms with van der Waals surface area (Å²) in [5.74, 6) is -0.863. The van der Waals surface area contributed by atoms with Crippen LogP contribution < -0.4 is 5.32 Å². The second kappa shape index (κ2) is 5.17. The lowest BCUT2D eigenvalue weighted by atomic mass is 9.85. The summed E-state index contributed by atoms with van der Waals surface area (Å²) >= 11 is 0. The topological polar surface area (TPSA) is 62.2 Å². The van der Waals surface area contributed by atoms with Crippen molar-refractivity contribution >= 4 is 11.7 Å². The van der Waals surface area contributed by atoms with Crippen molar-refractivity contribution in [3.63, 3.8) is 0 Å². The summed E-state index contributed by atoms with van der Waals surface area (Å²) in [5.41, 5.74) is 2.17. The van der Waals surface area contributed by atoms with Gasteiger partial charge in [-0.3, -0.25) is 9.78 Å². The number of hydrogen-bond acceptors (Lipinski definition) is 3. The zero-order chi connectivity index (χ0) is 12.3. The number of rotatable bonds is 3. The number of aromatic nitrogens is 1. The first-order valence-electron chi connectivity index (χ1n) is 6.07. The van der Waals surface area contributed by atoms with Crippen LogP contribution in [0.2, 0.25) is 0 Å². The third kappa shape index (κ3) is 2.96. The average Bonchev–Trinajstić information content (AvgIpc) is 2.32. The van der Waals surface area contributed by atoms with Gasteiger partial charge >= 0.3 is 5.97 Å². The Balaban J connectivity index is 1.99. The van der Waals surface area contributed by atoms with Crippen molar-refractivity contribution in [2.45, 2.75) is 38.6 Å². The van der Waals surface area contributed by atoms with E-state index >= 15 is 0 Å². The number of carboxylic acids is 1. The molecular weight excluding hydrogens is 216 g/mol. The van der Waals surface area contributed by atoms with Gasteiger partial charge in [-0.25, -0.2) is 0 Å². The van der Waals surface area contributed by atoms with Crippen molar-refractivity contribution in [1.29, 1.82) is 0 Å². The molecule has 2 N–H and O–H groups in total. The normalized spacial score (nSPS) is 24.3. The quantitative estimate of drug-likeness (QED) is 0.843. The summed E-state index contributed by atoms with van der Waals surface area (Å²) in [4.78, 5) is 15.1. The van der Waals surface area contributed by atoms with Crippen molar-refractivity contribution < 1.29 is 9.90 Å². The fourth-order valence-electron chi connectivity index (χ4n) is 2.38. The van der Waals surface area contributed by atoms with E-state index in [9.17, 15) is 4.79 Å². The van der Waals surface area contributed by atoms with Gasteiger partial charge in [0.2, 0.25) is 0 Å². The molecule has 0 aromatic carbocycles. The summed E-state index contributed by atoms with van der Waals surface area (Å²) in [6.45, 7) is 2.03. The summed E-state index contributed by atoms with van der Waals surface area (Å²) in [6.07, 6.45) is 7.11. The molecule has 2 atom stereocenters. The van der Waals surface area contributed by atoms with Gasteiger partial charge < -0.3 is 10.4 Å². The largest absolute Gasteiger partial charge is 0.481 e. The first-order valence-corrected chi connectivity index (χ1v) is 6.07. The molecule has 1 aromatic rings. The van der Waals surface area contributed by atoms with Gasteiger partial charge in [0, 0.05) is 12.2 Å². The van der Waals surface area contributed by atoms with Crippen LogP contribution in [0.1, 0.15) is 31.2 Å². The van der Waals surface area contributed by atoms with E-state index in [4.69, 9.17) is 5.11 Å². The van der Waals surface area contributed by atoms with Gasteiger partial charge in [0.15, 0.2) is 0 Å². The Bertz CT molecular complexity index is 406. The maximum absolute atomic E-state index is 11.0. The standard InChI is InChI=1S/C13H18N2O2/c1-9-5-6-14-8-12(9)15-11-4-2-3-10(7-11)13(16)17/h5-6,8,10-11,15H,2-4,7H2,1H3,(H,16,17). The van der Waals surface area contributed by atoms with Crippen molar-refractivity contribution in [2.24, 2.45) is 5.92 Å². The second-order valence-corrected chi connectivity index (χ2v) is 4.73. The number of nitrogens with zero attached hydrogens (tertiary/aromatic N) is 1. The predicted octanol–water partition coefficient (Wildman–Crippen LogP) is 2.45. The first kappa shape index (κ1) is 11.9. The van der Waals surface area contributed by atoms with E-state index < -0.39 is 5.97 Å². The van der Waals surface area contributed by atoms with E-state index in [-0.39, 0.29) is 12.0 Å². The Hall–Kier alpha value is -1.58. The smallest absolute Gasteiger partial charge is 0.306 e. The molecule has 1 aliphatic carbocycles. The molecule has 1 aromatic heterocycles. The van der Waals surface area contributed by atoms with E-state index in [1.165, 1.54) is 0 Å². The van der Waals surface area contributed by atoms with Crippen LogP contribution in [0.25, 0.3) is 0 Å². The molecule has 2 unspecified atom stereocenters. The molecule has 4 nitrogen and oxygen atoms in total. The highest BCUT2D eigenvalue weighted by Gasteiger charge is 2.26. The van der Waals surface area contributed by atoms with Crippen LogP contribution in [0.4, 0.5) is 5.69 Å². The van der Waals surface area contributed by atoms with Crippen LogP contribution >= 0.6 is 0 Å². The molecular formula is C13H18N2O2. The first-order chi connectivity index (χ1) is 8.16. The molecule has 1 aliphatic rings. The number of hydrogen-bond donors (Lipinski definition) is 2. The van der Waals surface area contributed by atoms with Crippen LogP contribution in [0.3, 0.4) is 0 Å². The summed E-state index contributed by atoms with van der Waals surface area (Å²) in [6, 6.07) is 2.22. The molecule has 0 aliphatic heterocycles. The number of nitrogens with one attached hydrogen (secondary N) is 1. The fourth-order valence-corrected chi connectivity index (χ4v) is 2.38. The van der Waals surface area contributed by atoms with Gasteiger partial charge in [-0.2, -0.15) is 0 Å². The number of pyridine rings is 1. The Morgan fingerprint density at radius 2 is 2.35 bits per heavy atom. The third-order valence-corrected chi connectivity index (χ3v) is 3.42. The van der Waals surface area contributed by atoms with E-state index in [2.05, 4.69) is 10.3 Å². The number of aryl methyl sites for hydroxylation is 1. The van der Waals surface area contributed by atoms with Gasteiger partial charge in [-0.1, -0.05) is 6.42 Å². The summed E-state index contributed by atoms with van der Waals surface area (Å²) < 4.78 is 0. The van der Waals surface area contributed by atoms with Crippen LogP contribution in [0.5, 0.6) is 0 Å². The van der Waals surface area contributed by atoms with Crippen LogP contribution in [0.15, 0.2) is 18.5 Å². The lowest BCUT2D eigenvalue weighted by Gasteiger charge is -2.28. The number of carboxylic acid groups (broad SMARTS) is 1. The molecule has 1 heterocycles. The number of aliphatic carboxylic acids is 1. The van der Waals surface area contributed by atoms with Crippen molar-refractivity contribution in [3.8, 4) is 0 Å². The Kier molecular flexibility index (Phi) is 3.61. The minimum absolute atomic E-state index is 0.196. The van der Waals surface area contributed by atoms with Crippen LogP contribution in [0, 0.1) is 12.8 Å². The lowest BCUT2D eigenvalue weighted by molar-refractivity contribution is -0.142. The Morgan fingerprint density at radius 3 is 3.06 bits per heavy atom. The highest BCUT2D eigenvalue weighted by atomic mass is 16.4.